The van der Waals surface area contributed by atoms with Crippen molar-refractivity contribution in [2.24, 2.45) is 0 Å². The first-order valence-electron chi connectivity index (χ1n) is 10.2. The second kappa shape index (κ2) is 9.94. The Morgan fingerprint density at radius 1 is 0.875 bits per heavy atom. The van der Waals surface area contributed by atoms with Crippen molar-refractivity contribution in [1.29, 1.82) is 0 Å². The van der Waals surface area contributed by atoms with Gasteiger partial charge in [-0.3, -0.25) is 14.5 Å². The van der Waals surface area contributed by atoms with Crippen LogP contribution >= 0.6 is 7.82 Å². The topological polar surface area (TPSA) is 89.9 Å². The molecule has 1 atom stereocenters. The number of hydrogen-bond acceptors (Lipinski definition) is 5. The summed E-state index contributed by atoms with van der Waals surface area (Å²) in [7, 11) is -4.58. The molecule has 0 heterocycles. The molecule has 1 N–H and O–H groups in total. The molecule has 32 heavy (non-hydrogen) atoms. The molecule has 0 fully saturated rings. The highest BCUT2D eigenvalue weighted by atomic mass is 31.2. The summed E-state index contributed by atoms with van der Waals surface area (Å²) in [5.74, 6) is -0.415. The maximum Gasteiger partial charge on any atom is 0.584 e. The number of aryl methyl sites for hydroxylation is 2. The largest absolute Gasteiger partial charge is 0.584 e. The molecule has 0 amide bonds. The van der Waals surface area contributed by atoms with E-state index in [1.54, 1.807) is 19.1 Å². The number of carbonyl (C=O) groups is 2. The van der Waals surface area contributed by atoms with Crippen LogP contribution in [0.3, 0.4) is 0 Å². The molecular weight excluding hydrogens is 427 g/mol. The molecule has 0 radical (unpaired) electrons. The van der Waals surface area contributed by atoms with Crippen molar-refractivity contribution in [3.05, 3.63) is 94.5 Å². The fourth-order valence-corrected chi connectivity index (χ4v) is 4.15. The quantitative estimate of drug-likeness (QED) is 0.322. The molecular formula is C25H25O6P. The SMILES string of the molecule is CCC(=O)c1cc(C(=O)Cc2ccccc2)ccc1OP(=O)(O)Oc1cc(C)cc(C)c1. The minimum Gasteiger partial charge on any atom is -0.395 e. The normalized spacial score (nSPS) is 12.6. The van der Waals surface area contributed by atoms with Crippen LogP contribution in [0.15, 0.2) is 66.7 Å². The number of ketones is 2. The Morgan fingerprint density at radius 3 is 2.16 bits per heavy atom. The summed E-state index contributed by atoms with van der Waals surface area (Å²) in [5.41, 5.74) is 2.96. The zero-order valence-corrected chi connectivity index (χ0v) is 19.1. The van der Waals surface area contributed by atoms with E-state index in [1.807, 2.05) is 50.2 Å². The monoisotopic (exact) mass is 452 g/mol. The summed E-state index contributed by atoms with van der Waals surface area (Å²) in [5, 5.41) is 0. The molecule has 3 aromatic rings. The van der Waals surface area contributed by atoms with Gasteiger partial charge in [-0.05, 0) is 60.9 Å². The van der Waals surface area contributed by atoms with Crippen molar-refractivity contribution in [2.45, 2.75) is 33.6 Å². The van der Waals surface area contributed by atoms with E-state index in [4.69, 9.17) is 9.05 Å². The van der Waals surface area contributed by atoms with Gasteiger partial charge in [0.15, 0.2) is 11.6 Å². The van der Waals surface area contributed by atoms with Crippen LogP contribution in [0, 0.1) is 13.8 Å². The van der Waals surface area contributed by atoms with Crippen molar-refractivity contribution in [3.63, 3.8) is 0 Å². The third kappa shape index (κ3) is 6.16. The molecule has 0 aliphatic heterocycles. The molecule has 0 spiro atoms. The Kier molecular flexibility index (Phi) is 7.29. The first kappa shape index (κ1) is 23.5. The lowest BCUT2D eigenvalue weighted by Gasteiger charge is -2.17. The van der Waals surface area contributed by atoms with Gasteiger partial charge in [0, 0.05) is 18.4 Å². The molecule has 0 saturated heterocycles. The van der Waals surface area contributed by atoms with Crippen LogP contribution in [0.1, 0.15) is 50.8 Å². The number of Topliss-reactive ketones (excluding diaryl/α,β-unsaturated/α-hetero) is 2. The van der Waals surface area contributed by atoms with Crippen molar-refractivity contribution in [1.82, 2.24) is 0 Å². The average molecular weight is 452 g/mol. The Morgan fingerprint density at radius 2 is 1.53 bits per heavy atom. The highest BCUT2D eigenvalue weighted by molar-refractivity contribution is 7.48. The third-order valence-electron chi connectivity index (χ3n) is 4.76. The molecule has 0 aliphatic rings. The Labute approximate surface area is 187 Å². The maximum absolute atomic E-state index is 12.7. The van der Waals surface area contributed by atoms with Gasteiger partial charge >= 0.3 is 7.82 Å². The number of hydrogen-bond donors (Lipinski definition) is 1. The fraction of sp³-hybridized carbons (Fsp3) is 0.200. The highest BCUT2D eigenvalue weighted by Gasteiger charge is 2.28. The van der Waals surface area contributed by atoms with Gasteiger partial charge < -0.3 is 9.05 Å². The smallest absolute Gasteiger partial charge is 0.395 e. The van der Waals surface area contributed by atoms with Gasteiger partial charge in [0.25, 0.3) is 0 Å². The lowest BCUT2D eigenvalue weighted by Crippen LogP contribution is -2.09. The predicted octanol–water partition coefficient (Wildman–Crippen LogP) is 5.88. The van der Waals surface area contributed by atoms with Gasteiger partial charge in [-0.2, -0.15) is 0 Å². The molecule has 0 saturated carbocycles. The molecule has 0 aliphatic carbocycles. The minimum atomic E-state index is -4.58. The van der Waals surface area contributed by atoms with Crippen molar-refractivity contribution in [2.75, 3.05) is 0 Å². The van der Waals surface area contributed by atoms with Crippen LogP contribution in [0.5, 0.6) is 11.5 Å². The summed E-state index contributed by atoms with van der Waals surface area (Å²) in [6.45, 7) is 5.34. The molecule has 3 aromatic carbocycles. The van der Waals surface area contributed by atoms with Gasteiger partial charge in [-0.25, -0.2) is 4.57 Å². The van der Waals surface area contributed by atoms with Gasteiger partial charge in [-0.15, -0.1) is 0 Å². The van der Waals surface area contributed by atoms with Crippen LogP contribution in [-0.4, -0.2) is 16.5 Å². The number of rotatable bonds is 9. The van der Waals surface area contributed by atoms with E-state index in [2.05, 4.69) is 0 Å². The van der Waals surface area contributed by atoms with Crippen LogP contribution in [0.25, 0.3) is 0 Å². The molecule has 0 bridgehead atoms. The Balaban J connectivity index is 1.86. The van der Waals surface area contributed by atoms with Gasteiger partial charge in [0.2, 0.25) is 0 Å². The second-order valence-corrected chi connectivity index (χ2v) is 8.85. The van der Waals surface area contributed by atoms with Gasteiger partial charge in [-0.1, -0.05) is 43.3 Å². The summed E-state index contributed by atoms with van der Waals surface area (Å²) in [6.07, 6.45) is 0.315. The van der Waals surface area contributed by atoms with E-state index in [0.29, 0.717) is 5.56 Å². The summed E-state index contributed by atoms with van der Waals surface area (Å²) < 4.78 is 23.1. The summed E-state index contributed by atoms with van der Waals surface area (Å²) in [6, 6.07) is 18.6. The lowest BCUT2D eigenvalue weighted by atomic mass is 9.98. The summed E-state index contributed by atoms with van der Waals surface area (Å²) >= 11 is 0. The van der Waals surface area contributed by atoms with E-state index >= 15 is 0 Å². The molecule has 1 unspecified atom stereocenters. The summed E-state index contributed by atoms with van der Waals surface area (Å²) in [4.78, 5) is 35.5. The molecule has 166 valence electrons. The first-order valence-corrected chi connectivity index (χ1v) is 11.7. The lowest BCUT2D eigenvalue weighted by molar-refractivity contribution is 0.0986. The van der Waals surface area contributed by atoms with Crippen LogP contribution in [0.4, 0.5) is 0 Å². The van der Waals surface area contributed by atoms with E-state index in [9.17, 15) is 19.0 Å². The van der Waals surface area contributed by atoms with E-state index < -0.39 is 7.82 Å². The zero-order chi connectivity index (χ0) is 23.3. The van der Waals surface area contributed by atoms with E-state index in [0.717, 1.165) is 16.7 Å². The van der Waals surface area contributed by atoms with E-state index in [1.165, 1.54) is 18.2 Å². The Bertz CT molecular complexity index is 1170. The first-order chi connectivity index (χ1) is 15.2. The maximum atomic E-state index is 12.7. The standard InChI is InChI=1S/C25H25O6P/c1-4-23(26)22-16-20(24(27)15-19-8-6-5-7-9-19)10-11-25(22)31-32(28,29)30-21-13-17(2)12-18(3)14-21/h5-14,16H,4,15H2,1-3H3,(H,28,29). The number of phosphoric ester groups is 1. The van der Waals surface area contributed by atoms with Gasteiger partial charge in [0.1, 0.15) is 11.5 Å². The van der Waals surface area contributed by atoms with Crippen LogP contribution in [0.2, 0.25) is 0 Å². The fourth-order valence-electron chi connectivity index (χ4n) is 3.34. The van der Waals surface area contributed by atoms with Crippen LogP contribution < -0.4 is 9.05 Å². The van der Waals surface area contributed by atoms with Crippen molar-refractivity contribution >= 4 is 19.4 Å². The number of phosphoric acid groups is 1. The van der Waals surface area contributed by atoms with Crippen molar-refractivity contribution in [3.8, 4) is 11.5 Å². The highest BCUT2D eigenvalue weighted by Crippen LogP contribution is 2.46. The zero-order valence-electron chi connectivity index (χ0n) is 18.2. The number of benzene rings is 3. The Hall–Kier alpha value is -3.21. The third-order valence-corrected chi connectivity index (χ3v) is 5.63. The molecule has 6 nitrogen and oxygen atoms in total. The number of carbonyl (C=O) groups excluding carboxylic acids is 2. The molecule has 0 aromatic heterocycles. The molecule has 3 rings (SSSR count). The van der Waals surface area contributed by atoms with Crippen LogP contribution in [-0.2, 0) is 11.0 Å². The minimum absolute atomic E-state index is 0.0599. The predicted molar refractivity (Wildman–Crippen MR) is 123 cm³/mol. The second-order valence-electron chi connectivity index (χ2n) is 7.55. The van der Waals surface area contributed by atoms with Gasteiger partial charge in [0.05, 0.1) is 5.56 Å². The average Bonchev–Trinajstić information content (AvgIpc) is 2.72. The molecule has 7 heteroatoms. The van der Waals surface area contributed by atoms with Crippen molar-refractivity contribution < 1.29 is 28.1 Å². The van der Waals surface area contributed by atoms with E-state index in [-0.39, 0.29) is 41.5 Å².